The molecule has 0 atom stereocenters. The smallest absolute Gasteiger partial charge is 0.271 e. The van der Waals surface area contributed by atoms with Crippen molar-refractivity contribution in [1.82, 2.24) is 5.32 Å². The fourth-order valence-corrected chi connectivity index (χ4v) is 2.25. The first-order valence-corrected chi connectivity index (χ1v) is 5.96. The van der Waals surface area contributed by atoms with Gasteiger partial charge in [-0.2, -0.15) is 0 Å². The van der Waals surface area contributed by atoms with E-state index in [1.807, 2.05) is 0 Å². The molecule has 0 saturated carbocycles. The van der Waals surface area contributed by atoms with Gasteiger partial charge in [0, 0.05) is 31.8 Å². The lowest BCUT2D eigenvalue weighted by atomic mass is 10.2. The number of benzene rings is 1. The average Bonchev–Trinajstić information content (AvgIpc) is 2.57. The number of hydrogen-bond acceptors (Lipinski definition) is 4. The molecule has 0 aromatic heterocycles. The molecular weight excluding hydrogens is 277 g/mol. The quantitative estimate of drug-likeness (QED) is 0.672. The zero-order valence-electron chi connectivity index (χ0n) is 9.76. The summed E-state index contributed by atoms with van der Waals surface area (Å²) in [5, 5.41) is 14.4. The molecule has 1 aliphatic heterocycles. The third-order valence-corrected chi connectivity index (χ3v) is 3.13. The highest BCUT2D eigenvalue weighted by atomic mass is 35.5. The summed E-state index contributed by atoms with van der Waals surface area (Å²) in [4.78, 5) is 12.3. The van der Waals surface area contributed by atoms with Crippen LogP contribution in [0.2, 0.25) is 5.02 Å². The third kappa shape index (κ3) is 3.48. The topological polar surface area (TPSA) is 58.4 Å². The Labute approximate surface area is 117 Å². The summed E-state index contributed by atoms with van der Waals surface area (Å²) in [6.07, 6.45) is 1.05. The van der Waals surface area contributed by atoms with Crippen LogP contribution >= 0.6 is 24.0 Å². The molecule has 1 aromatic carbocycles. The predicted molar refractivity (Wildman–Crippen MR) is 75.1 cm³/mol. The highest BCUT2D eigenvalue weighted by Crippen LogP contribution is 2.29. The highest BCUT2D eigenvalue weighted by molar-refractivity contribution is 6.33. The Morgan fingerprint density at radius 3 is 2.78 bits per heavy atom. The zero-order chi connectivity index (χ0) is 12.3. The zero-order valence-corrected chi connectivity index (χ0v) is 11.3. The van der Waals surface area contributed by atoms with E-state index in [1.54, 1.807) is 6.07 Å². The number of nitro groups is 1. The van der Waals surface area contributed by atoms with Crippen LogP contribution in [-0.4, -0.2) is 31.1 Å². The maximum absolute atomic E-state index is 10.6. The molecule has 0 bridgehead atoms. The van der Waals surface area contributed by atoms with E-state index in [-0.39, 0.29) is 18.1 Å². The second kappa shape index (κ2) is 6.78. The standard InChI is InChI=1S/C11H14ClN3O2.ClH/c12-10-8-9(15(16)17)2-3-11(10)14-6-1-4-13-5-7-14;/h2-3,8,13H,1,4-7H2;1H. The van der Waals surface area contributed by atoms with Crippen molar-refractivity contribution < 1.29 is 4.92 Å². The minimum absolute atomic E-state index is 0. The Morgan fingerprint density at radius 2 is 2.11 bits per heavy atom. The van der Waals surface area contributed by atoms with Crippen LogP contribution in [0.25, 0.3) is 0 Å². The van der Waals surface area contributed by atoms with Crippen molar-refractivity contribution in [2.24, 2.45) is 0 Å². The van der Waals surface area contributed by atoms with Crippen LogP contribution in [0.5, 0.6) is 0 Å². The van der Waals surface area contributed by atoms with Crippen LogP contribution in [-0.2, 0) is 0 Å². The first kappa shape index (κ1) is 15.0. The Balaban J connectivity index is 0.00000162. The third-order valence-electron chi connectivity index (χ3n) is 2.82. The summed E-state index contributed by atoms with van der Waals surface area (Å²) < 4.78 is 0. The van der Waals surface area contributed by atoms with Gasteiger partial charge in [0.25, 0.3) is 5.69 Å². The minimum Gasteiger partial charge on any atom is -0.369 e. The second-order valence-corrected chi connectivity index (χ2v) is 4.39. The van der Waals surface area contributed by atoms with Gasteiger partial charge < -0.3 is 10.2 Å². The summed E-state index contributed by atoms with van der Waals surface area (Å²) in [7, 11) is 0. The fraction of sp³-hybridized carbons (Fsp3) is 0.455. The summed E-state index contributed by atoms with van der Waals surface area (Å²) in [6, 6.07) is 4.64. The molecule has 1 aliphatic rings. The van der Waals surface area contributed by atoms with Gasteiger partial charge in [-0.3, -0.25) is 10.1 Å². The molecule has 1 fully saturated rings. The number of hydrogen-bond donors (Lipinski definition) is 1. The lowest BCUT2D eigenvalue weighted by Gasteiger charge is -2.23. The van der Waals surface area contributed by atoms with Crippen LogP contribution in [0.4, 0.5) is 11.4 Å². The summed E-state index contributed by atoms with van der Waals surface area (Å²) in [5.74, 6) is 0. The Hall–Kier alpha value is -1.04. The van der Waals surface area contributed by atoms with Crippen molar-refractivity contribution in [1.29, 1.82) is 0 Å². The van der Waals surface area contributed by atoms with Gasteiger partial charge in [-0.15, -0.1) is 12.4 Å². The molecule has 1 heterocycles. The summed E-state index contributed by atoms with van der Waals surface area (Å²) in [5.41, 5.74) is 0.910. The fourth-order valence-electron chi connectivity index (χ4n) is 1.95. The molecule has 1 saturated heterocycles. The monoisotopic (exact) mass is 291 g/mol. The highest BCUT2D eigenvalue weighted by Gasteiger charge is 2.15. The van der Waals surface area contributed by atoms with Crippen LogP contribution in [0.1, 0.15) is 6.42 Å². The van der Waals surface area contributed by atoms with Gasteiger partial charge in [0.15, 0.2) is 0 Å². The van der Waals surface area contributed by atoms with Crippen molar-refractivity contribution in [2.75, 3.05) is 31.1 Å². The number of rotatable bonds is 2. The Kier molecular flexibility index (Phi) is 5.65. The average molecular weight is 292 g/mol. The SMILES string of the molecule is Cl.O=[N+]([O-])c1ccc(N2CCCNCC2)c(Cl)c1. The first-order chi connectivity index (χ1) is 8.18. The maximum atomic E-state index is 10.6. The second-order valence-electron chi connectivity index (χ2n) is 3.98. The molecule has 1 aromatic rings. The van der Waals surface area contributed by atoms with E-state index in [0.29, 0.717) is 5.02 Å². The normalized spacial score (nSPS) is 15.7. The minimum atomic E-state index is -0.431. The van der Waals surface area contributed by atoms with E-state index in [0.717, 1.165) is 38.3 Å². The lowest BCUT2D eigenvalue weighted by molar-refractivity contribution is -0.384. The lowest BCUT2D eigenvalue weighted by Crippen LogP contribution is -2.28. The van der Waals surface area contributed by atoms with Gasteiger partial charge in [0.1, 0.15) is 0 Å². The predicted octanol–water partition coefficient (Wildman–Crippen LogP) is 2.47. The number of nitrogens with one attached hydrogen (secondary N) is 1. The van der Waals surface area contributed by atoms with Crippen molar-refractivity contribution in [3.63, 3.8) is 0 Å². The van der Waals surface area contributed by atoms with E-state index in [1.165, 1.54) is 12.1 Å². The van der Waals surface area contributed by atoms with E-state index >= 15 is 0 Å². The Bertz CT molecular complexity index is 421. The molecule has 0 unspecified atom stereocenters. The Morgan fingerprint density at radius 1 is 1.33 bits per heavy atom. The molecule has 0 amide bonds. The van der Waals surface area contributed by atoms with E-state index in [4.69, 9.17) is 11.6 Å². The molecule has 100 valence electrons. The summed E-state index contributed by atoms with van der Waals surface area (Å²) >= 11 is 6.09. The molecule has 0 aliphatic carbocycles. The van der Waals surface area contributed by atoms with Gasteiger partial charge in [0.05, 0.1) is 15.6 Å². The van der Waals surface area contributed by atoms with Gasteiger partial charge in [0.2, 0.25) is 0 Å². The maximum Gasteiger partial charge on any atom is 0.271 e. The molecule has 0 radical (unpaired) electrons. The van der Waals surface area contributed by atoms with Crippen LogP contribution in [0, 0.1) is 10.1 Å². The van der Waals surface area contributed by atoms with Crippen LogP contribution in [0.3, 0.4) is 0 Å². The molecule has 1 N–H and O–H groups in total. The first-order valence-electron chi connectivity index (χ1n) is 5.58. The molecule has 18 heavy (non-hydrogen) atoms. The van der Waals surface area contributed by atoms with Gasteiger partial charge >= 0.3 is 0 Å². The number of nitrogens with zero attached hydrogens (tertiary/aromatic N) is 2. The van der Waals surface area contributed by atoms with E-state index in [9.17, 15) is 10.1 Å². The van der Waals surface area contributed by atoms with E-state index < -0.39 is 4.92 Å². The largest absolute Gasteiger partial charge is 0.369 e. The van der Waals surface area contributed by atoms with Gasteiger partial charge in [-0.25, -0.2) is 0 Å². The van der Waals surface area contributed by atoms with Crippen molar-refractivity contribution in [3.8, 4) is 0 Å². The van der Waals surface area contributed by atoms with Gasteiger partial charge in [-0.05, 0) is 19.0 Å². The van der Waals surface area contributed by atoms with Crippen molar-refractivity contribution in [3.05, 3.63) is 33.3 Å². The van der Waals surface area contributed by atoms with Crippen LogP contribution < -0.4 is 10.2 Å². The number of non-ortho nitro benzene ring substituents is 1. The molecular formula is C11H15Cl2N3O2. The molecule has 7 heteroatoms. The number of halogens is 2. The van der Waals surface area contributed by atoms with Gasteiger partial charge in [-0.1, -0.05) is 11.6 Å². The summed E-state index contributed by atoms with van der Waals surface area (Å²) in [6.45, 7) is 3.70. The van der Waals surface area contributed by atoms with Crippen molar-refractivity contribution >= 4 is 35.4 Å². The number of nitro benzene ring substituents is 1. The van der Waals surface area contributed by atoms with Crippen molar-refractivity contribution in [2.45, 2.75) is 6.42 Å². The molecule has 5 nitrogen and oxygen atoms in total. The molecule has 0 spiro atoms. The van der Waals surface area contributed by atoms with Crippen LogP contribution in [0.15, 0.2) is 18.2 Å². The number of anilines is 1. The molecule has 2 rings (SSSR count). The van der Waals surface area contributed by atoms with E-state index in [2.05, 4.69) is 10.2 Å².